The number of cyclic esters (lactones) is 1. The topological polar surface area (TPSA) is 105 Å². The van der Waals surface area contributed by atoms with Gasteiger partial charge in [-0.2, -0.15) is 0 Å². The van der Waals surface area contributed by atoms with Gasteiger partial charge >= 0.3 is 16.9 Å². The summed E-state index contributed by atoms with van der Waals surface area (Å²) in [4.78, 5) is 47.8. The van der Waals surface area contributed by atoms with Crippen LogP contribution in [0.15, 0.2) is 18.2 Å². The number of benzene rings is 1. The van der Waals surface area contributed by atoms with Crippen molar-refractivity contribution in [3.63, 3.8) is 0 Å². The Morgan fingerprint density at radius 1 is 1.28 bits per heavy atom. The van der Waals surface area contributed by atoms with E-state index in [0.29, 0.717) is 11.4 Å². The molecule has 176 valence electrons. The Balaban J connectivity index is 0.000000837. The first kappa shape index (κ1) is 25.7. The summed E-state index contributed by atoms with van der Waals surface area (Å²) in [6.07, 6.45) is -1.44. The number of fused-ring (bicyclic) bond motifs is 1. The fraction of sp³-hybridized carbons (Fsp3) is 0.500. The van der Waals surface area contributed by atoms with E-state index < -0.39 is 35.3 Å². The molecule has 1 atom stereocenters. The maximum absolute atomic E-state index is 12.6. The van der Waals surface area contributed by atoms with Gasteiger partial charge in [-0.3, -0.25) is 14.5 Å². The van der Waals surface area contributed by atoms with Crippen LogP contribution in [0.25, 0.3) is 0 Å². The largest absolute Gasteiger partial charge is 0.444 e. The number of anilines is 2. The summed E-state index contributed by atoms with van der Waals surface area (Å²) in [5.74, 6) is -0.159. The van der Waals surface area contributed by atoms with Crippen LogP contribution in [0.5, 0.6) is 0 Å². The van der Waals surface area contributed by atoms with Crippen molar-refractivity contribution in [2.24, 2.45) is 0 Å². The van der Waals surface area contributed by atoms with Crippen LogP contribution in [0.3, 0.4) is 0 Å². The van der Waals surface area contributed by atoms with Crippen LogP contribution in [-0.2, 0) is 20.7 Å². The Hall–Kier alpha value is -2.59. The van der Waals surface area contributed by atoms with Gasteiger partial charge in [-0.1, -0.05) is 0 Å². The summed E-state index contributed by atoms with van der Waals surface area (Å²) in [6, 6.07) is 5.16. The zero-order valence-electron chi connectivity index (χ0n) is 17.8. The molecule has 1 aromatic rings. The van der Waals surface area contributed by atoms with Crippen molar-refractivity contribution < 1.29 is 33.0 Å². The molecule has 32 heavy (non-hydrogen) atoms. The van der Waals surface area contributed by atoms with Crippen molar-refractivity contribution >= 4 is 57.4 Å². The second-order valence-electron chi connectivity index (χ2n) is 7.95. The summed E-state index contributed by atoms with van der Waals surface area (Å²) in [7, 11) is 0. The van der Waals surface area contributed by atoms with Gasteiger partial charge < -0.3 is 19.7 Å². The lowest BCUT2D eigenvalue weighted by molar-refractivity contribution is -0.117. The van der Waals surface area contributed by atoms with Crippen molar-refractivity contribution in [2.45, 2.75) is 38.9 Å². The quantitative estimate of drug-likeness (QED) is 0.624. The van der Waals surface area contributed by atoms with Crippen LogP contribution < -0.4 is 15.1 Å². The third kappa shape index (κ3) is 7.23. The van der Waals surface area contributed by atoms with Gasteiger partial charge in [0, 0.05) is 11.4 Å². The van der Waals surface area contributed by atoms with Crippen molar-refractivity contribution in [1.29, 1.82) is 0 Å². The smallest absolute Gasteiger partial charge is 0.414 e. The minimum absolute atomic E-state index is 0.0232. The molecule has 0 spiro atoms. The highest BCUT2D eigenvalue weighted by molar-refractivity contribution is 6.93. The van der Waals surface area contributed by atoms with Gasteiger partial charge in [0.1, 0.15) is 18.4 Å². The first-order valence-corrected chi connectivity index (χ1v) is 10.5. The molecule has 1 N–H and O–H groups in total. The van der Waals surface area contributed by atoms with E-state index in [1.165, 1.54) is 9.80 Å². The van der Waals surface area contributed by atoms with Crippen LogP contribution in [0.2, 0.25) is 0 Å². The van der Waals surface area contributed by atoms with E-state index in [2.05, 4.69) is 28.5 Å². The van der Waals surface area contributed by atoms with E-state index in [1.807, 2.05) is 0 Å². The average Bonchev–Trinajstić information content (AvgIpc) is 3.18. The predicted octanol–water partition coefficient (Wildman–Crippen LogP) is 3.98. The number of carbonyl (C=O) groups excluding carboxylic acids is 4. The van der Waals surface area contributed by atoms with Crippen LogP contribution >= 0.6 is 23.2 Å². The summed E-state index contributed by atoms with van der Waals surface area (Å²) in [5, 5.41) is 2.59. The maximum Gasteiger partial charge on any atom is 0.414 e. The minimum atomic E-state index is -0.889. The van der Waals surface area contributed by atoms with Gasteiger partial charge in [0.05, 0.1) is 26.1 Å². The van der Waals surface area contributed by atoms with E-state index in [9.17, 15) is 18.8 Å². The Morgan fingerprint density at radius 2 is 1.94 bits per heavy atom. The number of alkyl carbamates (subject to hydrolysis) is 1. The number of halogens is 3. The molecule has 1 aromatic carbocycles. The molecule has 0 saturated carbocycles. The number of alkyl halides is 1. The highest BCUT2D eigenvalue weighted by Crippen LogP contribution is 2.33. The predicted molar refractivity (Wildman–Crippen MR) is 117 cm³/mol. The van der Waals surface area contributed by atoms with Gasteiger partial charge in [-0.25, -0.2) is 14.0 Å². The second-order valence-corrected chi connectivity index (χ2v) is 8.83. The van der Waals surface area contributed by atoms with Crippen LogP contribution in [0.1, 0.15) is 26.3 Å². The Morgan fingerprint density at radius 3 is 2.53 bits per heavy atom. The lowest BCUT2D eigenvalue weighted by Crippen LogP contribution is -2.38. The van der Waals surface area contributed by atoms with E-state index in [4.69, 9.17) is 14.3 Å². The molecule has 0 aliphatic carbocycles. The number of carbonyl (C=O) groups is 4. The molecule has 0 bridgehead atoms. The molecule has 12 heteroatoms. The molecule has 1 unspecified atom stereocenters. The Bertz CT molecular complexity index is 889. The number of amides is 3. The Labute approximate surface area is 194 Å². The number of nitrogens with zero attached hydrogens (tertiary/aromatic N) is 2. The van der Waals surface area contributed by atoms with E-state index in [0.717, 1.165) is 5.56 Å². The molecular weight excluding hydrogens is 468 g/mol. The number of nitrogens with one attached hydrogen (secondary N) is 1. The minimum Gasteiger partial charge on any atom is -0.444 e. The molecule has 2 aliphatic rings. The molecule has 3 rings (SSSR count). The molecular formula is C20H24Cl2FN3O6. The fourth-order valence-electron chi connectivity index (χ4n) is 3.22. The summed E-state index contributed by atoms with van der Waals surface area (Å²) in [6.45, 7) is 5.08. The molecule has 0 aromatic heterocycles. The SMILES string of the molecule is CC(C)(C)OC(=O)NCC1CN(c2ccc3c(c2)CC(=O)N3CCF)C(=O)O1.O=C(Cl)Cl. The van der Waals surface area contributed by atoms with Crippen molar-refractivity contribution in [3.05, 3.63) is 23.8 Å². The molecule has 0 radical (unpaired) electrons. The molecule has 9 nitrogen and oxygen atoms in total. The van der Waals surface area contributed by atoms with Gasteiger partial charge in [-0.05, 0) is 67.7 Å². The fourth-order valence-corrected chi connectivity index (χ4v) is 3.22. The molecule has 1 fully saturated rings. The monoisotopic (exact) mass is 491 g/mol. The third-order valence-corrected chi connectivity index (χ3v) is 4.36. The molecule has 1 saturated heterocycles. The first-order chi connectivity index (χ1) is 14.9. The molecule has 2 aliphatic heterocycles. The van der Waals surface area contributed by atoms with E-state index in [-0.39, 0.29) is 32.0 Å². The van der Waals surface area contributed by atoms with Crippen LogP contribution in [-0.4, -0.2) is 60.8 Å². The van der Waals surface area contributed by atoms with Crippen LogP contribution in [0, 0.1) is 0 Å². The summed E-state index contributed by atoms with van der Waals surface area (Å²) in [5.41, 5.74) is 1.40. The normalized spacial score (nSPS) is 17.4. The number of hydrogen-bond donors (Lipinski definition) is 1. The lowest BCUT2D eigenvalue weighted by atomic mass is 10.1. The van der Waals surface area contributed by atoms with Crippen molar-refractivity contribution in [2.75, 3.05) is 36.1 Å². The summed E-state index contributed by atoms with van der Waals surface area (Å²) < 4.78 is 22.2. The first-order valence-electron chi connectivity index (χ1n) is 9.70. The zero-order valence-corrected chi connectivity index (χ0v) is 19.3. The zero-order chi connectivity index (χ0) is 24.1. The van der Waals surface area contributed by atoms with Gasteiger partial charge in [0.15, 0.2) is 0 Å². The highest BCUT2D eigenvalue weighted by atomic mass is 35.5. The van der Waals surface area contributed by atoms with Gasteiger partial charge in [-0.15, -0.1) is 0 Å². The van der Waals surface area contributed by atoms with Crippen molar-refractivity contribution in [3.8, 4) is 0 Å². The average molecular weight is 492 g/mol. The lowest BCUT2D eigenvalue weighted by Gasteiger charge is -2.20. The number of ether oxygens (including phenoxy) is 2. The molecule has 2 heterocycles. The maximum atomic E-state index is 12.6. The van der Waals surface area contributed by atoms with Gasteiger partial charge in [0.25, 0.3) is 0 Å². The standard InChI is InChI=1S/C19H24FN3O5.CCl2O/c1-19(2,3)28-17(25)21-10-14-11-23(18(26)27-14)13-4-5-15-12(8-13)9-16(24)22(15)7-6-20;2-1(3)4/h4-5,8,14H,6-7,9-11H2,1-3H3,(H,21,25);. The van der Waals surface area contributed by atoms with Crippen molar-refractivity contribution in [1.82, 2.24) is 5.32 Å². The van der Waals surface area contributed by atoms with Crippen LogP contribution in [0.4, 0.5) is 30.1 Å². The van der Waals surface area contributed by atoms with Gasteiger partial charge in [0.2, 0.25) is 5.91 Å². The molecule has 3 amide bonds. The third-order valence-electron chi connectivity index (χ3n) is 4.36. The van der Waals surface area contributed by atoms with E-state index >= 15 is 0 Å². The number of rotatable bonds is 5. The summed E-state index contributed by atoms with van der Waals surface area (Å²) >= 11 is 8.80. The highest BCUT2D eigenvalue weighted by Gasteiger charge is 2.34. The number of hydrogen-bond acceptors (Lipinski definition) is 6. The second kappa shape index (κ2) is 10.8. The Kier molecular flexibility index (Phi) is 8.68. The van der Waals surface area contributed by atoms with E-state index in [1.54, 1.807) is 39.0 Å².